The van der Waals surface area contributed by atoms with Crippen LogP contribution in [0.1, 0.15) is 39.1 Å². The molecular formula is C14H24N2. The normalized spacial score (nSPS) is 12.1. The summed E-state index contributed by atoms with van der Waals surface area (Å²) in [5, 5.41) is 3.49. The van der Waals surface area contributed by atoms with E-state index < -0.39 is 0 Å². The van der Waals surface area contributed by atoms with Gasteiger partial charge in [0.1, 0.15) is 0 Å². The Labute approximate surface area is 99.5 Å². The number of aromatic nitrogens is 1. The summed E-state index contributed by atoms with van der Waals surface area (Å²) in [6.45, 7) is 13.1. The van der Waals surface area contributed by atoms with Crippen molar-refractivity contribution in [2.24, 2.45) is 11.3 Å². The lowest BCUT2D eigenvalue weighted by Gasteiger charge is -2.29. The van der Waals surface area contributed by atoms with Gasteiger partial charge in [0.25, 0.3) is 0 Å². The lowest BCUT2D eigenvalue weighted by atomic mass is 9.81. The molecule has 2 nitrogen and oxygen atoms in total. The molecule has 1 rings (SSSR count). The van der Waals surface area contributed by atoms with Crippen molar-refractivity contribution in [3.63, 3.8) is 0 Å². The summed E-state index contributed by atoms with van der Waals surface area (Å²) in [6.07, 6.45) is 0. The van der Waals surface area contributed by atoms with Crippen molar-refractivity contribution < 1.29 is 0 Å². The molecule has 1 aromatic rings. The molecule has 0 saturated heterocycles. The third-order valence-electron chi connectivity index (χ3n) is 3.40. The quantitative estimate of drug-likeness (QED) is 0.824. The molecule has 1 N–H and O–H groups in total. The molecule has 0 amide bonds. The van der Waals surface area contributed by atoms with E-state index >= 15 is 0 Å². The molecule has 90 valence electrons. The molecule has 0 aliphatic rings. The van der Waals surface area contributed by atoms with Crippen molar-refractivity contribution in [3.05, 3.63) is 29.6 Å². The van der Waals surface area contributed by atoms with Gasteiger partial charge in [0, 0.05) is 18.8 Å². The van der Waals surface area contributed by atoms with Gasteiger partial charge in [0.2, 0.25) is 0 Å². The molecular weight excluding hydrogens is 196 g/mol. The van der Waals surface area contributed by atoms with Gasteiger partial charge in [0.15, 0.2) is 0 Å². The van der Waals surface area contributed by atoms with Gasteiger partial charge in [-0.1, -0.05) is 33.8 Å². The average Bonchev–Trinajstić information content (AvgIpc) is 2.17. The van der Waals surface area contributed by atoms with Gasteiger partial charge in [-0.15, -0.1) is 0 Å². The lowest BCUT2D eigenvalue weighted by molar-refractivity contribution is 0.237. The summed E-state index contributed by atoms with van der Waals surface area (Å²) in [7, 11) is 0. The zero-order chi connectivity index (χ0) is 12.2. The maximum atomic E-state index is 4.48. The number of pyridine rings is 1. The first kappa shape index (κ1) is 13.2. The van der Waals surface area contributed by atoms with Crippen molar-refractivity contribution >= 4 is 0 Å². The van der Waals surface area contributed by atoms with Crippen molar-refractivity contribution in [1.82, 2.24) is 10.3 Å². The van der Waals surface area contributed by atoms with Crippen LogP contribution in [0.15, 0.2) is 18.2 Å². The van der Waals surface area contributed by atoms with Gasteiger partial charge in [0.05, 0.1) is 5.69 Å². The number of hydrogen-bond donors (Lipinski definition) is 1. The molecule has 0 aliphatic heterocycles. The van der Waals surface area contributed by atoms with Crippen molar-refractivity contribution in [3.8, 4) is 0 Å². The van der Waals surface area contributed by atoms with E-state index in [2.05, 4.69) is 50.1 Å². The third-order valence-corrected chi connectivity index (χ3v) is 3.40. The van der Waals surface area contributed by atoms with E-state index in [-0.39, 0.29) is 0 Å². The van der Waals surface area contributed by atoms with E-state index in [1.54, 1.807) is 0 Å². The average molecular weight is 220 g/mol. The predicted octanol–water partition coefficient (Wildman–Crippen LogP) is 3.16. The summed E-state index contributed by atoms with van der Waals surface area (Å²) < 4.78 is 0. The first-order valence-corrected chi connectivity index (χ1v) is 6.05. The fourth-order valence-corrected chi connectivity index (χ4v) is 1.41. The SMILES string of the molecule is Cc1cccc(CNCC(C)(C)C(C)C)n1. The highest BCUT2D eigenvalue weighted by Gasteiger charge is 2.21. The lowest BCUT2D eigenvalue weighted by Crippen LogP contribution is -2.33. The molecule has 1 aromatic heterocycles. The van der Waals surface area contributed by atoms with Crippen LogP contribution in [0.5, 0.6) is 0 Å². The summed E-state index contributed by atoms with van der Waals surface area (Å²) in [5.74, 6) is 0.686. The summed E-state index contributed by atoms with van der Waals surface area (Å²) in [6, 6.07) is 6.16. The van der Waals surface area contributed by atoms with Crippen LogP contribution in [0, 0.1) is 18.3 Å². The Balaban J connectivity index is 2.42. The fraction of sp³-hybridized carbons (Fsp3) is 0.643. The van der Waals surface area contributed by atoms with Gasteiger partial charge in [-0.25, -0.2) is 0 Å². The molecule has 16 heavy (non-hydrogen) atoms. The van der Waals surface area contributed by atoms with E-state index in [0.29, 0.717) is 11.3 Å². The molecule has 0 saturated carbocycles. The van der Waals surface area contributed by atoms with Crippen molar-refractivity contribution in [2.75, 3.05) is 6.54 Å². The van der Waals surface area contributed by atoms with Crippen molar-refractivity contribution in [2.45, 2.75) is 41.2 Å². The number of nitrogens with one attached hydrogen (secondary N) is 1. The molecule has 0 aliphatic carbocycles. The molecule has 0 fully saturated rings. The highest BCUT2D eigenvalue weighted by atomic mass is 14.9. The van der Waals surface area contributed by atoms with Gasteiger partial charge in [-0.3, -0.25) is 4.98 Å². The van der Waals surface area contributed by atoms with Crippen LogP contribution < -0.4 is 5.32 Å². The van der Waals surface area contributed by atoms with E-state index in [1.165, 1.54) is 0 Å². The van der Waals surface area contributed by atoms with Gasteiger partial charge in [-0.05, 0) is 30.4 Å². The van der Waals surface area contributed by atoms with Crippen LogP contribution in [0.2, 0.25) is 0 Å². The number of aryl methyl sites for hydroxylation is 1. The Morgan fingerprint density at radius 1 is 1.31 bits per heavy atom. The minimum atomic E-state index is 0.337. The summed E-state index contributed by atoms with van der Waals surface area (Å²) in [4.78, 5) is 4.48. The molecule has 0 unspecified atom stereocenters. The topological polar surface area (TPSA) is 24.9 Å². The molecule has 0 spiro atoms. The molecule has 1 heterocycles. The van der Waals surface area contributed by atoms with Crippen LogP contribution in [0.25, 0.3) is 0 Å². The number of rotatable bonds is 5. The van der Waals surface area contributed by atoms with Crippen molar-refractivity contribution in [1.29, 1.82) is 0 Å². The maximum Gasteiger partial charge on any atom is 0.0544 e. The Bertz CT molecular complexity index is 329. The predicted molar refractivity (Wildman–Crippen MR) is 69.3 cm³/mol. The maximum absolute atomic E-state index is 4.48. The second kappa shape index (κ2) is 5.44. The van der Waals surface area contributed by atoms with Crippen LogP contribution in [0.3, 0.4) is 0 Å². The van der Waals surface area contributed by atoms with Gasteiger partial charge < -0.3 is 5.32 Å². The zero-order valence-corrected chi connectivity index (χ0v) is 11.2. The van der Waals surface area contributed by atoms with Crippen LogP contribution >= 0.6 is 0 Å². The standard InChI is InChI=1S/C14H24N2/c1-11(2)14(4,5)10-15-9-13-8-6-7-12(3)16-13/h6-8,11,15H,9-10H2,1-5H3. The first-order valence-electron chi connectivity index (χ1n) is 6.05. The fourth-order valence-electron chi connectivity index (χ4n) is 1.41. The Morgan fingerprint density at radius 3 is 2.56 bits per heavy atom. The minimum absolute atomic E-state index is 0.337. The number of hydrogen-bond acceptors (Lipinski definition) is 2. The largest absolute Gasteiger partial charge is 0.311 e. The Hall–Kier alpha value is -0.890. The monoisotopic (exact) mass is 220 g/mol. The minimum Gasteiger partial charge on any atom is -0.311 e. The van der Waals surface area contributed by atoms with Gasteiger partial charge >= 0.3 is 0 Å². The second-order valence-electron chi connectivity index (χ2n) is 5.52. The van der Waals surface area contributed by atoms with E-state index in [1.807, 2.05) is 13.0 Å². The Morgan fingerprint density at radius 2 is 2.00 bits per heavy atom. The summed E-state index contributed by atoms with van der Waals surface area (Å²) >= 11 is 0. The Kier molecular flexibility index (Phi) is 4.48. The summed E-state index contributed by atoms with van der Waals surface area (Å²) in [5.41, 5.74) is 2.55. The van der Waals surface area contributed by atoms with Crippen LogP contribution in [-0.2, 0) is 6.54 Å². The first-order chi connectivity index (χ1) is 7.42. The molecule has 2 heteroatoms. The number of nitrogens with zero attached hydrogens (tertiary/aromatic N) is 1. The van der Waals surface area contributed by atoms with E-state index in [9.17, 15) is 0 Å². The second-order valence-corrected chi connectivity index (χ2v) is 5.52. The molecule has 0 aromatic carbocycles. The van der Waals surface area contributed by atoms with Crippen LogP contribution in [0.4, 0.5) is 0 Å². The highest BCUT2D eigenvalue weighted by Crippen LogP contribution is 2.24. The molecule has 0 atom stereocenters. The van der Waals surface area contributed by atoms with Gasteiger partial charge in [-0.2, -0.15) is 0 Å². The molecule has 0 radical (unpaired) electrons. The smallest absolute Gasteiger partial charge is 0.0544 e. The highest BCUT2D eigenvalue weighted by molar-refractivity contribution is 5.09. The molecule has 0 bridgehead atoms. The van der Waals surface area contributed by atoms with E-state index in [4.69, 9.17) is 0 Å². The zero-order valence-electron chi connectivity index (χ0n) is 11.2. The van der Waals surface area contributed by atoms with Crippen LogP contribution in [-0.4, -0.2) is 11.5 Å². The third kappa shape index (κ3) is 3.93. The van der Waals surface area contributed by atoms with E-state index in [0.717, 1.165) is 24.5 Å².